The molecule has 0 unspecified atom stereocenters. The summed E-state index contributed by atoms with van der Waals surface area (Å²) < 4.78 is 31.2. The molecule has 0 spiro atoms. The summed E-state index contributed by atoms with van der Waals surface area (Å²) in [6.45, 7) is 0. The first kappa shape index (κ1) is 101. The molecule has 4 heterocycles. The minimum absolute atomic E-state index is 0.232. The van der Waals surface area contributed by atoms with Gasteiger partial charge in [0.25, 0.3) is 0 Å². The molecule has 0 fully saturated rings. The second kappa shape index (κ2) is 48.8. The van der Waals surface area contributed by atoms with E-state index in [2.05, 4.69) is 360 Å². The van der Waals surface area contributed by atoms with E-state index in [0.717, 1.165) is 86.9 Å². The van der Waals surface area contributed by atoms with Crippen LogP contribution in [0.1, 0.15) is 0 Å². The summed E-state index contributed by atoms with van der Waals surface area (Å²) in [6.07, 6.45) is 3.54. The molecule has 23 rings (SSSR count). The molecule has 0 aliphatic heterocycles. The van der Waals surface area contributed by atoms with E-state index in [-0.39, 0.29) is 5.59 Å². The van der Waals surface area contributed by atoms with Crippen molar-refractivity contribution >= 4 is 258 Å². The monoisotopic (exact) mass is 2100 g/mol. The number of methoxy groups -OCH3 is 5. The predicted molar refractivity (Wildman–Crippen MR) is 602 cm³/mol. The summed E-state index contributed by atoms with van der Waals surface area (Å²) >= 11 is 28.4. The number of benzene rings is 19. The van der Waals surface area contributed by atoms with Gasteiger partial charge in [0, 0.05) is 52.9 Å². The first-order valence-corrected chi connectivity index (χ1v) is 48.2. The first-order valence-electron chi connectivity index (χ1n) is 44.1. The zero-order valence-corrected chi connectivity index (χ0v) is 84.3. The van der Waals surface area contributed by atoms with E-state index in [1.54, 1.807) is 72.1 Å². The third-order valence-corrected chi connectivity index (χ3v) is 25.5. The molecular weight excluding hydrogens is 2020 g/mol. The normalized spacial score (nSPS) is 10.7. The van der Waals surface area contributed by atoms with Crippen molar-refractivity contribution in [2.75, 3.05) is 35.5 Å². The van der Waals surface area contributed by atoms with Crippen LogP contribution >= 0.6 is 95.4 Å². The number of fused-ring (bicyclic) bond motifs is 14. The predicted octanol–water partition coefficient (Wildman–Crippen LogP) is 29.8. The van der Waals surface area contributed by atoms with E-state index in [9.17, 15) is 0 Å². The van der Waals surface area contributed by atoms with Crippen LogP contribution in [0, 0.1) is 0 Å². The summed E-state index contributed by atoms with van der Waals surface area (Å²) in [5, 5.41) is 59.7. The summed E-state index contributed by atoms with van der Waals surface area (Å²) in [6, 6.07) is 136. The molecule has 0 bridgehead atoms. The molecule has 23 aromatic rings. The Labute approximate surface area is 858 Å². The van der Waals surface area contributed by atoms with Gasteiger partial charge in [0.05, 0.1) is 68.9 Å². The van der Waals surface area contributed by atoms with Gasteiger partial charge < -0.3 is 43.8 Å². The maximum atomic E-state index is 9.13. The Hall–Kier alpha value is -13.6. The van der Waals surface area contributed by atoms with E-state index in [0.29, 0.717) is 16.7 Å². The Morgan fingerprint density at radius 3 is 0.893 bits per heavy atom. The number of pyridine rings is 4. The van der Waals surface area contributed by atoms with Crippen molar-refractivity contribution in [1.82, 2.24) is 19.9 Å². The van der Waals surface area contributed by atoms with Crippen LogP contribution in [0.5, 0.6) is 28.7 Å². The first-order chi connectivity index (χ1) is 68.3. The van der Waals surface area contributed by atoms with E-state index in [4.69, 9.17) is 83.6 Å². The summed E-state index contributed by atoms with van der Waals surface area (Å²) in [7, 11) is 9.68. The second-order valence-corrected chi connectivity index (χ2v) is 36.2. The van der Waals surface area contributed by atoms with Crippen molar-refractivity contribution in [3.63, 3.8) is 0 Å². The molecule has 1 radical (unpaired) electrons. The molecule has 19 aromatic carbocycles. The van der Waals surface area contributed by atoms with Gasteiger partial charge in [0.15, 0.2) is 4.30 Å². The van der Waals surface area contributed by atoms with Crippen LogP contribution in [0.3, 0.4) is 0 Å². The number of halogens is 6. The average molecular weight is 2110 g/mol. The molecule has 0 aliphatic rings. The van der Waals surface area contributed by atoms with E-state index < -0.39 is 18.5 Å². The van der Waals surface area contributed by atoms with Crippen LogP contribution < -0.4 is 34.7 Å². The fourth-order valence-corrected chi connectivity index (χ4v) is 18.4. The van der Waals surface area contributed by atoms with Crippen molar-refractivity contribution in [2.45, 2.75) is 4.30 Å². The number of hydrogen-bond donors (Lipinski definition) is 5. The van der Waals surface area contributed by atoms with Crippen molar-refractivity contribution in [1.29, 1.82) is 0 Å². The molecule has 14 nitrogen and oxygen atoms in total. The molecule has 0 saturated carbocycles. The van der Waals surface area contributed by atoms with Gasteiger partial charge in [0.2, 0.25) is 0 Å². The average Bonchev–Trinajstić information content (AvgIpc) is 0.723. The second-order valence-electron chi connectivity index (χ2n) is 31.5. The molecule has 689 valence electrons. The van der Waals surface area contributed by atoms with Crippen LogP contribution in [0.2, 0.25) is 0 Å². The van der Waals surface area contributed by atoms with Crippen LogP contribution in [0.4, 0.5) is 0 Å². The third kappa shape index (κ3) is 24.1. The topological polar surface area (TPSA) is 191 Å². The Balaban J connectivity index is 0.000000127. The van der Waals surface area contributed by atoms with Gasteiger partial charge in [-0.1, -0.05) is 342 Å². The number of nitrogens with zero attached hydrogens (tertiary/aromatic N) is 5. The zero-order valence-electron chi connectivity index (χ0n) is 76.4. The van der Waals surface area contributed by atoms with Gasteiger partial charge in [-0.3, -0.25) is 15.0 Å². The SMILES string of the molecule is Brc1c2ccccc2cc2ccccc12.COc1ccc(-c2c3ccccc3c(-c3ccc4ccc5cccnc5c4n3)c3ccccc23)cc1.COc1ccc(-c2c3ccccc3c(Br)c3ccccc23)cc1.COc1ccc(-c2c3ccccc3cc3ccccc23)cc1.COc1ccc(B(O)O)cc1.COc1ccc(Br)cc1.ClC(Cl)Cl.OB(O)c1ccc2ccc3cccnc3c2n1.[B]=NS. The number of hydrogen-bond acceptors (Lipinski definition) is 15. The van der Waals surface area contributed by atoms with Gasteiger partial charge in [-0.05, 0) is 266 Å². The molecule has 4 N–H and O–H groups in total. The fraction of sp³-hybridized carbons (Fsp3) is 0.0517. The van der Waals surface area contributed by atoms with Crippen molar-refractivity contribution in [3.8, 4) is 73.4 Å². The van der Waals surface area contributed by atoms with Crippen molar-refractivity contribution in [2.24, 2.45) is 4.30 Å². The van der Waals surface area contributed by atoms with Crippen LogP contribution in [0.15, 0.2) is 430 Å². The van der Waals surface area contributed by atoms with Gasteiger partial charge in [-0.2, -0.15) is 0 Å². The number of alkyl halides is 3. The minimum atomic E-state index is -1.56. The Bertz CT molecular complexity index is 8050. The Kier molecular flexibility index (Phi) is 35.1. The van der Waals surface area contributed by atoms with Crippen LogP contribution in [0.25, 0.3) is 174 Å². The fourth-order valence-electron chi connectivity index (χ4n) is 16.7. The van der Waals surface area contributed by atoms with Gasteiger partial charge >= 0.3 is 39.0 Å². The number of ether oxygens (including phenoxy) is 5. The van der Waals surface area contributed by atoms with Crippen LogP contribution in [-0.4, -0.2) is 102 Å². The Morgan fingerprint density at radius 1 is 0.286 bits per heavy atom. The molecular formula is C116H89B3Br3Cl3N5O9S. The van der Waals surface area contributed by atoms with E-state index in [1.807, 2.05) is 103 Å². The standard InChI is InChI=1S/C33H22N2O.C21H15BrO.C21H16O.C14H9Br.C12H9BN2O2.C7H9BO3.C7H7BrO.CHCl3.BHNS/c1-36-24-17-14-21(15-18-24)30-25-8-2-4-10-27(25)31(28-11-5-3-9-26(28)30)29-19-16-23-13-12-22-7-6-20-34-32(22)33(23)35-29;1-23-15-12-10-14(11-13-15)20-16-6-2-4-8-18(16)21(22)19-9-5-3-7-17(19)20;1-22-18-12-10-15(11-13-18)21-19-8-4-2-6-16(19)14-17-7-3-5-9-20(17)21;15-14-12-7-3-1-5-10(12)9-11-6-2-4-8-13(11)14;16-13(17)10-6-5-9-4-3-8-2-1-7-14-11(8)12(9)15-10;1-11-7-4-2-6(3-5-7)8(9)10;1-9-7-4-2-6(8)3-5-7;2-1(3)4;1-2-3/h2-20H,1H3;2-13H,1H3;2-14H,1H3;1-9H;1-7,16-17H;2-5,9-10H,1H3;2-5H,1H3;1H;3H. The molecule has 140 heavy (non-hydrogen) atoms. The number of rotatable bonds is 11. The van der Waals surface area contributed by atoms with Crippen molar-refractivity contribution < 1.29 is 43.8 Å². The molecule has 0 saturated heterocycles. The molecule has 0 aliphatic carbocycles. The van der Waals surface area contributed by atoms with E-state index >= 15 is 0 Å². The van der Waals surface area contributed by atoms with Crippen molar-refractivity contribution in [3.05, 3.63) is 426 Å². The quantitative estimate of drug-likeness (QED) is 0.0271. The summed E-state index contributed by atoms with van der Waals surface area (Å²) in [4.78, 5) is 18.4. The van der Waals surface area contributed by atoms with Gasteiger partial charge in [0.1, 0.15) is 28.7 Å². The zero-order chi connectivity index (χ0) is 98.1. The molecule has 0 atom stereocenters. The summed E-state index contributed by atoms with van der Waals surface area (Å²) in [5.41, 5.74) is 13.5. The van der Waals surface area contributed by atoms with Gasteiger partial charge in [-0.15, -0.1) is 0 Å². The molecule has 0 amide bonds. The van der Waals surface area contributed by atoms with E-state index in [1.165, 1.54) is 118 Å². The van der Waals surface area contributed by atoms with Gasteiger partial charge in [-0.25, -0.2) is 4.98 Å². The number of aromatic nitrogens is 4. The number of thiol groups is 1. The maximum absolute atomic E-state index is 9.13. The van der Waals surface area contributed by atoms with Crippen LogP contribution in [-0.2, 0) is 0 Å². The summed E-state index contributed by atoms with van der Waals surface area (Å²) in [5.74, 6) is 4.20. The Morgan fingerprint density at radius 2 is 0.543 bits per heavy atom. The molecule has 4 aromatic heterocycles. The third-order valence-electron chi connectivity index (χ3n) is 23.3. The molecule has 24 heteroatoms.